The number of esters is 1. The van der Waals surface area contributed by atoms with Gasteiger partial charge < -0.3 is 44.0 Å². The Morgan fingerprint density at radius 3 is 2.43 bits per heavy atom. The molecule has 2 heterocycles. The van der Waals surface area contributed by atoms with Crippen LogP contribution >= 0.6 is 0 Å². The van der Waals surface area contributed by atoms with E-state index in [0.29, 0.717) is 37.8 Å². The highest BCUT2D eigenvalue weighted by atomic mass is 16.7. The van der Waals surface area contributed by atoms with E-state index < -0.39 is 42.3 Å². The van der Waals surface area contributed by atoms with E-state index in [1.165, 1.54) is 36.1 Å². The zero-order valence-electron chi connectivity index (χ0n) is 25.5. The predicted octanol–water partition coefficient (Wildman–Crippen LogP) is -0.120. The van der Waals surface area contributed by atoms with Gasteiger partial charge in [0, 0.05) is 57.3 Å². The molecule has 3 rings (SSSR count). The molecule has 0 aliphatic carbocycles. The molecule has 3 amide bonds. The quantitative estimate of drug-likeness (QED) is 0.101. The van der Waals surface area contributed by atoms with Crippen LogP contribution in [0.5, 0.6) is 11.5 Å². The van der Waals surface area contributed by atoms with E-state index in [-0.39, 0.29) is 62.2 Å². The minimum atomic E-state index is -1.83. The first-order chi connectivity index (χ1) is 22.0. The molecule has 0 unspecified atom stereocenters. The largest absolute Gasteiger partial charge is 0.491 e. The topological polar surface area (TPSA) is 214 Å². The first-order valence-corrected chi connectivity index (χ1v) is 14.6. The van der Waals surface area contributed by atoms with Gasteiger partial charge in [-0.1, -0.05) is 6.42 Å². The number of carboxylic acids is 1. The van der Waals surface area contributed by atoms with Crippen LogP contribution in [0.1, 0.15) is 38.2 Å². The van der Waals surface area contributed by atoms with Gasteiger partial charge in [0.25, 0.3) is 18.1 Å². The van der Waals surface area contributed by atoms with Crippen LogP contribution in [0.2, 0.25) is 0 Å². The van der Waals surface area contributed by atoms with E-state index >= 15 is 0 Å². The van der Waals surface area contributed by atoms with Gasteiger partial charge in [-0.2, -0.15) is 0 Å². The Balaban J connectivity index is 1.40. The second kappa shape index (κ2) is 17.9. The molecule has 0 bridgehead atoms. The lowest BCUT2D eigenvalue weighted by atomic mass is 10.00. The number of Topliss-reactive ketones (excluding diaryl/α,β-unsaturated/α-hetero) is 1. The van der Waals surface area contributed by atoms with Gasteiger partial charge in [0.2, 0.25) is 11.7 Å². The van der Waals surface area contributed by atoms with Crippen molar-refractivity contribution in [3.63, 3.8) is 0 Å². The van der Waals surface area contributed by atoms with Gasteiger partial charge in [-0.15, -0.1) is 0 Å². The summed E-state index contributed by atoms with van der Waals surface area (Å²) >= 11 is 0. The average Bonchev–Trinajstić information content (AvgIpc) is 3.34. The summed E-state index contributed by atoms with van der Waals surface area (Å²) in [7, 11) is 1.13. The second-order valence-electron chi connectivity index (χ2n) is 10.2. The zero-order chi connectivity index (χ0) is 33.6. The fourth-order valence-electron chi connectivity index (χ4n) is 4.49. The highest BCUT2D eigenvalue weighted by molar-refractivity contribution is 6.12. The summed E-state index contributed by atoms with van der Waals surface area (Å²) in [5, 5.41) is 22.5. The van der Waals surface area contributed by atoms with E-state index in [9.17, 15) is 39.0 Å². The van der Waals surface area contributed by atoms with E-state index in [0.717, 1.165) is 7.11 Å². The van der Waals surface area contributed by atoms with E-state index in [1.54, 1.807) is 6.07 Å². The monoisotopic (exact) mass is 650 g/mol. The Kier molecular flexibility index (Phi) is 14.1. The smallest absolute Gasteiger partial charge is 0.335 e. The van der Waals surface area contributed by atoms with Gasteiger partial charge in [-0.25, -0.2) is 4.79 Å². The van der Waals surface area contributed by atoms with Crippen LogP contribution in [0.4, 0.5) is 0 Å². The minimum absolute atomic E-state index is 0.0111. The molecule has 0 aromatic heterocycles. The summed E-state index contributed by atoms with van der Waals surface area (Å²) < 4.78 is 32.0. The number of hydrogen-bond donors (Lipinski definition) is 3. The number of methoxy groups -OCH3 is 1. The Hall–Kier alpha value is -4.38. The van der Waals surface area contributed by atoms with Crippen LogP contribution in [0, 0.1) is 0 Å². The lowest BCUT2D eigenvalue weighted by Crippen LogP contribution is -2.59. The van der Waals surface area contributed by atoms with Crippen molar-refractivity contribution in [2.75, 3.05) is 40.0 Å². The SMILES string of the molecule is CO[C@H]1[C@H](O)C(=O)[C@H](Oc2cc(OCCOCCNC(=O)CCCCCN3C(=O)C=CC3=O)ccc2COC(C)=O)O[C@@H]1C(=O)O. The number of unbranched alkanes of at least 4 members (excludes halogenated alkanes) is 2. The first-order valence-electron chi connectivity index (χ1n) is 14.6. The molecule has 0 saturated carbocycles. The predicted molar refractivity (Wildman–Crippen MR) is 154 cm³/mol. The summed E-state index contributed by atoms with van der Waals surface area (Å²) in [5.74, 6) is -3.50. The number of ether oxygens (including phenoxy) is 6. The van der Waals surface area contributed by atoms with Crippen molar-refractivity contribution in [1.29, 1.82) is 0 Å². The number of hydrogen-bond acceptors (Lipinski definition) is 13. The number of nitrogens with one attached hydrogen (secondary N) is 1. The minimum Gasteiger partial charge on any atom is -0.491 e. The van der Waals surface area contributed by atoms with Crippen molar-refractivity contribution < 1.29 is 67.4 Å². The Morgan fingerprint density at radius 1 is 1.02 bits per heavy atom. The molecule has 0 radical (unpaired) electrons. The molecular weight excluding hydrogens is 612 g/mol. The number of ketones is 1. The lowest BCUT2D eigenvalue weighted by molar-refractivity contribution is -0.224. The van der Waals surface area contributed by atoms with Gasteiger partial charge in [0.15, 0.2) is 6.10 Å². The first kappa shape index (κ1) is 36.1. The molecule has 1 saturated heterocycles. The van der Waals surface area contributed by atoms with E-state index in [2.05, 4.69) is 5.32 Å². The Morgan fingerprint density at radius 2 is 1.76 bits per heavy atom. The van der Waals surface area contributed by atoms with E-state index in [1.807, 2.05) is 0 Å². The molecule has 252 valence electrons. The number of aliphatic carboxylic acids is 1. The summed E-state index contributed by atoms with van der Waals surface area (Å²) in [4.78, 5) is 71.8. The van der Waals surface area contributed by atoms with Gasteiger partial charge in [-0.05, 0) is 25.0 Å². The molecule has 1 aromatic rings. The molecule has 0 spiro atoms. The third-order valence-electron chi connectivity index (χ3n) is 6.87. The normalized spacial score (nSPS) is 20.9. The Bertz CT molecular complexity index is 1280. The number of carboxylic acid groups (broad SMARTS) is 1. The maximum Gasteiger partial charge on any atom is 0.335 e. The number of benzene rings is 1. The van der Waals surface area contributed by atoms with E-state index in [4.69, 9.17) is 28.4 Å². The van der Waals surface area contributed by atoms with Crippen molar-refractivity contribution in [2.45, 2.75) is 63.8 Å². The van der Waals surface area contributed by atoms with Crippen LogP contribution in [0.3, 0.4) is 0 Å². The van der Waals surface area contributed by atoms with Crippen molar-refractivity contribution >= 4 is 35.4 Å². The number of imide groups is 1. The Labute approximate surface area is 264 Å². The summed E-state index contributed by atoms with van der Waals surface area (Å²) in [5.41, 5.74) is 0.315. The average molecular weight is 651 g/mol. The highest BCUT2D eigenvalue weighted by Crippen LogP contribution is 2.30. The number of rotatable bonds is 19. The number of amides is 3. The van der Waals surface area contributed by atoms with Crippen molar-refractivity contribution in [3.05, 3.63) is 35.9 Å². The fourth-order valence-corrected chi connectivity index (χ4v) is 4.49. The fraction of sp³-hybridized carbons (Fsp3) is 0.533. The van der Waals surface area contributed by atoms with Crippen molar-refractivity contribution in [1.82, 2.24) is 10.2 Å². The standard InChI is InChI=1S/C30H38N2O14/c1-18(33)44-17-19-7-8-20(16-21(19)45-30-26(38)25(37)27(41-2)28(46-30)29(39)40)43-15-14-42-13-11-31-22(34)6-4-3-5-12-32-23(35)9-10-24(32)36/h7-10,16,25,27-28,30,37H,3-6,11-15,17H2,1-2H3,(H,31,34)(H,39,40)/t25-,27+,28+,30-/m1/s1. The molecule has 3 N–H and O–H groups in total. The van der Waals surface area contributed by atoms with Gasteiger partial charge in [-0.3, -0.25) is 28.9 Å². The molecule has 2 aliphatic rings. The third-order valence-corrected chi connectivity index (χ3v) is 6.87. The molecule has 46 heavy (non-hydrogen) atoms. The zero-order valence-corrected chi connectivity index (χ0v) is 25.5. The number of carbonyl (C=O) groups is 6. The molecule has 16 heteroatoms. The maximum absolute atomic E-state index is 12.7. The summed E-state index contributed by atoms with van der Waals surface area (Å²) in [6.45, 7) is 2.09. The van der Waals surface area contributed by atoms with Gasteiger partial charge in [0.1, 0.15) is 36.9 Å². The molecule has 16 nitrogen and oxygen atoms in total. The highest BCUT2D eigenvalue weighted by Gasteiger charge is 2.49. The number of aliphatic hydroxyl groups excluding tert-OH is 1. The van der Waals surface area contributed by atoms with Crippen molar-refractivity contribution in [3.8, 4) is 11.5 Å². The molecule has 1 fully saturated rings. The molecular formula is C30H38N2O14. The third kappa shape index (κ3) is 10.6. The summed E-state index contributed by atoms with van der Waals surface area (Å²) in [6.07, 6.45) is -2.03. The van der Waals surface area contributed by atoms with Gasteiger partial charge in [0.05, 0.1) is 13.2 Å². The van der Waals surface area contributed by atoms with Crippen LogP contribution in [-0.2, 0) is 54.3 Å². The van der Waals surface area contributed by atoms with Gasteiger partial charge >= 0.3 is 11.9 Å². The van der Waals surface area contributed by atoms with Crippen molar-refractivity contribution in [2.24, 2.45) is 0 Å². The number of carbonyl (C=O) groups excluding carboxylic acids is 5. The van der Waals surface area contributed by atoms with Crippen LogP contribution < -0.4 is 14.8 Å². The summed E-state index contributed by atoms with van der Waals surface area (Å²) in [6, 6.07) is 4.46. The number of aliphatic hydroxyl groups is 1. The molecule has 1 aromatic carbocycles. The molecule has 2 aliphatic heterocycles. The van der Waals surface area contributed by atoms with Crippen LogP contribution in [-0.4, -0.2) is 115 Å². The maximum atomic E-state index is 12.7. The lowest BCUT2D eigenvalue weighted by Gasteiger charge is -2.35. The van der Waals surface area contributed by atoms with Crippen LogP contribution in [0.15, 0.2) is 30.4 Å². The van der Waals surface area contributed by atoms with Crippen LogP contribution in [0.25, 0.3) is 0 Å². The molecule has 4 atom stereocenters. The number of nitrogens with zero attached hydrogens (tertiary/aromatic N) is 1. The second-order valence-corrected chi connectivity index (χ2v) is 10.2.